The molecule has 188 valence electrons. The van der Waals surface area contributed by atoms with Gasteiger partial charge in [0.25, 0.3) is 0 Å². The van der Waals surface area contributed by atoms with Crippen molar-refractivity contribution in [1.82, 2.24) is 0 Å². The second-order valence-electron chi connectivity index (χ2n) is 8.48. The minimum Gasteiger partial charge on any atom is -0.486 e. The van der Waals surface area contributed by atoms with Crippen molar-refractivity contribution in [2.75, 3.05) is 19.8 Å². The maximum absolute atomic E-state index is 15.0. The van der Waals surface area contributed by atoms with E-state index in [1.807, 2.05) is 6.08 Å². The molecule has 36 heavy (non-hydrogen) atoms. The van der Waals surface area contributed by atoms with Crippen LogP contribution in [-0.4, -0.2) is 19.8 Å². The molecule has 3 nitrogen and oxygen atoms in total. The molecule has 0 atom stereocenters. The summed E-state index contributed by atoms with van der Waals surface area (Å²) >= 11 is 0. The Kier molecular flexibility index (Phi) is 8.23. The van der Waals surface area contributed by atoms with Gasteiger partial charge in [0.15, 0.2) is 29.5 Å². The molecule has 0 radical (unpaired) electrons. The number of ether oxygens (including phenoxy) is 3. The molecule has 0 amide bonds. The molecule has 3 aromatic carbocycles. The first-order valence-corrected chi connectivity index (χ1v) is 11.6. The quantitative estimate of drug-likeness (QED) is 0.223. The SMILES string of the molecule is C=CCCC1COC(c2ccc(-c3ccc(-c4ccc(OCC=C)c(F)c4F)cc3)c(F)c2F)OC1. The monoisotopic (exact) mass is 498 g/mol. The average Bonchev–Trinajstić information content (AvgIpc) is 2.90. The normalized spacial score (nSPS) is 17.6. The van der Waals surface area contributed by atoms with Gasteiger partial charge in [0.1, 0.15) is 6.61 Å². The van der Waals surface area contributed by atoms with Crippen LogP contribution in [0.25, 0.3) is 22.3 Å². The van der Waals surface area contributed by atoms with Crippen LogP contribution in [0, 0.1) is 29.2 Å². The van der Waals surface area contributed by atoms with Gasteiger partial charge < -0.3 is 14.2 Å². The predicted octanol–water partition coefficient (Wildman–Crippen LogP) is 7.77. The average molecular weight is 499 g/mol. The Morgan fingerprint density at radius 3 is 1.92 bits per heavy atom. The molecule has 0 saturated carbocycles. The second-order valence-corrected chi connectivity index (χ2v) is 8.48. The summed E-state index contributed by atoms with van der Waals surface area (Å²) in [5.74, 6) is -4.30. The van der Waals surface area contributed by atoms with Crippen LogP contribution in [0.4, 0.5) is 17.6 Å². The lowest BCUT2D eigenvalue weighted by molar-refractivity contribution is -0.207. The van der Waals surface area contributed by atoms with E-state index < -0.39 is 29.6 Å². The minimum atomic E-state index is -1.11. The fourth-order valence-corrected chi connectivity index (χ4v) is 4.06. The molecular formula is C29H26F4O3. The van der Waals surface area contributed by atoms with Crippen LogP contribution in [-0.2, 0) is 9.47 Å². The standard InChI is InChI=1S/C29H26F4O3/c1-3-5-6-18-16-35-29(36-17-18)23-12-11-21(25(30)27(23)32)19-7-9-20(10-8-19)22-13-14-24(34-15-4-2)28(33)26(22)31/h3-4,7-14,18,29H,1-2,5-6,15-17H2. The first-order valence-electron chi connectivity index (χ1n) is 11.6. The predicted molar refractivity (Wildman–Crippen MR) is 130 cm³/mol. The number of allylic oxidation sites excluding steroid dienone is 1. The molecule has 0 spiro atoms. The molecule has 0 bridgehead atoms. The van der Waals surface area contributed by atoms with E-state index in [1.165, 1.54) is 54.6 Å². The van der Waals surface area contributed by atoms with Crippen LogP contribution in [0.5, 0.6) is 5.75 Å². The summed E-state index contributed by atoms with van der Waals surface area (Å²) in [6, 6.07) is 11.7. The summed E-state index contributed by atoms with van der Waals surface area (Å²) in [6.45, 7) is 7.98. The molecule has 1 aliphatic rings. The van der Waals surface area contributed by atoms with Crippen molar-refractivity contribution in [2.45, 2.75) is 19.1 Å². The van der Waals surface area contributed by atoms with Crippen molar-refractivity contribution >= 4 is 0 Å². The Morgan fingerprint density at radius 2 is 1.33 bits per heavy atom. The number of hydrogen-bond donors (Lipinski definition) is 0. The molecule has 7 heteroatoms. The summed E-state index contributed by atoms with van der Waals surface area (Å²) in [6.07, 6.45) is 3.94. The highest BCUT2D eigenvalue weighted by atomic mass is 19.2. The van der Waals surface area contributed by atoms with Gasteiger partial charge in [-0.05, 0) is 36.1 Å². The van der Waals surface area contributed by atoms with Crippen molar-refractivity contribution in [1.29, 1.82) is 0 Å². The van der Waals surface area contributed by atoms with Crippen molar-refractivity contribution in [3.05, 3.63) is 103 Å². The van der Waals surface area contributed by atoms with E-state index >= 15 is 4.39 Å². The van der Waals surface area contributed by atoms with E-state index in [4.69, 9.17) is 14.2 Å². The molecule has 0 aromatic heterocycles. The molecule has 1 heterocycles. The zero-order valence-electron chi connectivity index (χ0n) is 19.6. The number of hydrogen-bond acceptors (Lipinski definition) is 3. The van der Waals surface area contributed by atoms with E-state index in [0.717, 1.165) is 12.8 Å². The van der Waals surface area contributed by atoms with Gasteiger partial charge in [-0.2, -0.15) is 4.39 Å². The summed E-state index contributed by atoms with van der Waals surface area (Å²) in [5.41, 5.74) is 0.792. The van der Waals surface area contributed by atoms with Crippen molar-refractivity contribution in [3.63, 3.8) is 0 Å². The summed E-state index contributed by atoms with van der Waals surface area (Å²) < 4.78 is 75.2. The number of rotatable bonds is 9. The molecule has 1 aliphatic heterocycles. The fraction of sp³-hybridized carbons (Fsp3) is 0.241. The molecule has 0 aliphatic carbocycles. The maximum atomic E-state index is 15.0. The van der Waals surface area contributed by atoms with Crippen molar-refractivity contribution in [3.8, 4) is 28.0 Å². The van der Waals surface area contributed by atoms with Gasteiger partial charge >= 0.3 is 0 Å². The summed E-state index contributed by atoms with van der Waals surface area (Å²) in [4.78, 5) is 0. The largest absolute Gasteiger partial charge is 0.486 e. The van der Waals surface area contributed by atoms with Gasteiger partial charge in [0.05, 0.1) is 13.2 Å². The van der Waals surface area contributed by atoms with E-state index in [1.54, 1.807) is 0 Å². The number of halogens is 4. The minimum absolute atomic E-state index is 0.00801. The first-order chi connectivity index (χ1) is 17.4. The van der Waals surface area contributed by atoms with Gasteiger partial charge in [-0.25, -0.2) is 13.2 Å². The molecule has 1 fully saturated rings. The number of benzene rings is 3. The molecule has 0 N–H and O–H groups in total. The second kappa shape index (κ2) is 11.5. The lowest BCUT2D eigenvalue weighted by atomic mass is 9.98. The smallest absolute Gasteiger partial charge is 0.201 e. The van der Waals surface area contributed by atoms with E-state index in [2.05, 4.69) is 13.2 Å². The van der Waals surface area contributed by atoms with Gasteiger partial charge in [-0.3, -0.25) is 0 Å². The highest BCUT2D eigenvalue weighted by Gasteiger charge is 2.28. The summed E-state index contributed by atoms with van der Waals surface area (Å²) in [5, 5.41) is 0. The van der Waals surface area contributed by atoms with Crippen molar-refractivity contribution in [2.24, 2.45) is 5.92 Å². The summed E-state index contributed by atoms with van der Waals surface area (Å²) in [7, 11) is 0. The molecule has 1 saturated heterocycles. The Labute approximate surface area is 207 Å². The Bertz CT molecular complexity index is 1230. The van der Waals surface area contributed by atoms with Crippen LogP contribution in [0.1, 0.15) is 24.7 Å². The molecule has 0 unspecified atom stereocenters. The Morgan fingerprint density at radius 1 is 0.750 bits per heavy atom. The lowest BCUT2D eigenvalue weighted by Crippen LogP contribution is -2.27. The first kappa shape index (κ1) is 25.7. The molecule has 4 rings (SSSR count). The highest BCUT2D eigenvalue weighted by Crippen LogP contribution is 2.35. The van der Waals surface area contributed by atoms with Gasteiger partial charge in [-0.15, -0.1) is 6.58 Å². The van der Waals surface area contributed by atoms with Crippen LogP contribution >= 0.6 is 0 Å². The van der Waals surface area contributed by atoms with Crippen LogP contribution in [0.2, 0.25) is 0 Å². The van der Waals surface area contributed by atoms with Crippen LogP contribution < -0.4 is 4.74 Å². The van der Waals surface area contributed by atoms with Gasteiger partial charge in [-0.1, -0.05) is 55.1 Å². The highest BCUT2D eigenvalue weighted by molar-refractivity contribution is 5.71. The molecule has 3 aromatic rings. The van der Waals surface area contributed by atoms with E-state index in [-0.39, 0.29) is 35.0 Å². The van der Waals surface area contributed by atoms with Gasteiger partial charge in [0.2, 0.25) is 5.82 Å². The zero-order valence-corrected chi connectivity index (χ0v) is 19.6. The van der Waals surface area contributed by atoms with Crippen LogP contribution in [0.3, 0.4) is 0 Å². The topological polar surface area (TPSA) is 27.7 Å². The Hall–Kier alpha value is -3.42. The maximum Gasteiger partial charge on any atom is 0.201 e. The van der Waals surface area contributed by atoms with Crippen molar-refractivity contribution < 1.29 is 31.8 Å². The lowest BCUT2D eigenvalue weighted by Gasteiger charge is -2.29. The van der Waals surface area contributed by atoms with Gasteiger partial charge in [0, 0.05) is 22.6 Å². The van der Waals surface area contributed by atoms with E-state index in [9.17, 15) is 13.2 Å². The third-order valence-electron chi connectivity index (χ3n) is 6.02. The third kappa shape index (κ3) is 5.37. The zero-order chi connectivity index (χ0) is 25.7. The van der Waals surface area contributed by atoms with Crippen LogP contribution in [0.15, 0.2) is 73.8 Å². The third-order valence-corrected chi connectivity index (χ3v) is 6.02. The van der Waals surface area contributed by atoms with E-state index in [0.29, 0.717) is 24.3 Å². The molecular weight excluding hydrogens is 472 g/mol. The fourth-order valence-electron chi connectivity index (χ4n) is 4.06. The Balaban J connectivity index is 1.52.